The monoisotopic (exact) mass is 491 g/mol. The Kier molecular flexibility index (Phi) is 5.64. The van der Waals surface area contributed by atoms with Crippen LogP contribution in [0.3, 0.4) is 0 Å². The Labute approximate surface area is 194 Å². The van der Waals surface area contributed by atoms with E-state index in [1.54, 1.807) is 27.7 Å². The first-order chi connectivity index (χ1) is 15.7. The molecule has 2 aromatic heterocycles. The third-order valence-corrected chi connectivity index (χ3v) is 6.78. The van der Waals surface area contributed by atoms with Crippen LogP contribution in [0.25, 0.3) is 10.9 Å². The number of sulfonamides is 1. The summed E-state index contributed by atoms with van der Waals surface area (Å²) in [5.41, 5.74) is -2.40. The lowest BCUT2D eigenvalue weighted by Crippen LogP contribution is -2.36. The van der Waals surface area contributed by atoms with Crippen LogP contribution in [0.2, 0.25) is 0 Å². The zero-order valence-corrected chi connectivity index (χ0v) is 19.9. The van der Waals surface area contributed by atoms with Crippen molar-refractivity contribution in [3.8, 4) is 0 Å². The van der Waals surface area contributed by atoms with Crippen molar-refractivity contribution in [1.29, 1.82) is 0 Å². The van der Waals surface area contributed by atoms with Gasteiger partial charge in [-0.25, -0.2) is 22.7 Å². The molecule has 3 aromatic rings. The SMILES string of the molecule is CC1(NS(=O)(=O)c2ccc3[nH]c(=O)n(Cc4cc(NC(=O)OC(C)(C)C)no4)c(=O)c3c2)CC1. The standard InChI is InChI=1S/C21H25N5O7S/c1-20(2,3)32-19(29)23-16-9-12(33-24-16)11-26-17(27)14-10-13(5-6-15(14)22-18(26)28)34(30,31)25-21(4)7-8-21/h5-6,9-10,25H,7-8,11H2,1-4H3,(H,22,28)(H,23,24,29). The molecule has 0 spiro atoms. The molecule has 4 rings (SSSR count). The van der Waals surface area contributed by atoms with Gasteiger partial charge in [0.1, 0.15) is 5.60 Å². The molecule has 3 N–H and O–H groups in total. The smallest absolute Gasteiger partial charge is 0.413 e. The van der Waals surface area contributed by atoms with Gasteiger partial charge in [-0.3, -0.25) is 14.7 Å². The lowest BCUT2D eigenvalue weighted by Gasteiger charge is -2.18. The minimum Gasteiger partial charge on any atom is -0.444 e. The molecule has 34 heavy (non-hydrogen) atoms. The maximum Gasteiger partial charge on any atom is 0.413 e. The second-order valence-electron chi connectivity index (χ2n) is 9.50. The largest absolute Gasteiger partial charge is 0.444 e. The van der Waals surface area contributed by atoms with E-state index in [9.17, 15) is 22.8 Å². The third kappa shape index (κ3) is 5.20. The number of amides is 1. The molecule has 2 heterocycles. The van der Waals surface area contributed by atoms with Crippen molar-refractivity contribution < 1.29 is 22.5 Å². The number of anilines is 1. The van der Waals surface area contributed by atoms with E-state index in [1.165, 1.54) is 24.3 Å². The van der Waals surface area contributed by atoms with Crippen molar-refractivity contribution in [1.82, 2.24) is 19.4 Å². The predicted molar refractivity (Wildman–Crippen MR) is 122 cm³/mol. The number of nitrogens with zero attached hydrogens (tertiary/aromatic N) is 2. The lowest BCUT2D eigenvalue weighted by atomic mass is 10.2. The first-order valence-corrected chi connectivity index (χ1v) is 12.0. The normalized spacial score (nSPS) is 15.3. The highest BCUT2D eigenvalue weighted by molar-refractivity contribution is 7.89. The molecule has 0 radical (unpaired) electrons. The summed E-state index contributed by atoms with van der Waals surface area (Å²) >= 11 is 0. The van der Waals surface area contributed by atoms with Gasteiger partial charge in [0, 0.05) is 11.6 Å². The van der Waals surface area contributed by atoms with Crippen LogP contribution < -0.4 is 21.3 Å². The van der Waals surface area contributed by atoms with Crippen LogP contribution in [0.5, 0.6) is 0 Å². The van der Waals surface area contributed by atoms with Crippen molar-refractivity contribution >= 4 is 32.8 Å². The molecule has 0 unspecified atom stereocenters. The van der Waals surface area contributed by atoms with E-state index in [2.05, 4.69) is 20.2 Å². The Morgan fingerprint density at radius 1 is 1.26 bits per heavy atom. The summed E-state index contributed by atoms with van der Waals surface area (Å²) in [4.78, 5) is 39.9. The number of rotatable bonds is 6. The Morgan fingerprint density at radius 3 is 2.62 bits per heavy atom. The first-order valence-electron chi connectivity index (χ1n) is 10.5. The maximum absolute atomic E-state index is 13.0. The van der Waals surface area contributed by atoms with Gasteiger partial charge >= 0.3 is 11.8 Å². The average Bonchev–Trinajstić information content (AvgIpc) is 3.25. The van der Waals surface area contributed by atoms with E-state index in [0.717, 1.165) is 17.4 Å². The van der Waals surface area contributed by atoms with Gasteiger partial charge < -0.3 is 14.2 Å². The van der Waals surface area contributed by atoms with E-state index in [1.807, 2.05) is 0 Å². The van der Waals surface area contributed by atoms with Crippen LogP contribution in [0.4, 0.5) is 10.6 Å². The summed E-state index contributed by atoms with van der Waals surface area (Å²) in [6.45, 7) is 6.63. The fraction of sp³-hybridized carbons (Fsp3) is 0.429. The molecular weight excluding hydrogens is 466 g/mol. The second kappa shape index (κ2) is 8.09. The number of ether oxygens (including phenoxy) is 1. The zero-order valence-electron chi connectivity index (χ0n) is 19.1. The number of hydrogen-bond donors (Lipinski definition) is 3. The minimum absolute atomic E-state index is 0.0232. The zero-order chi connectivity index (χ0) is 24.9. The molecule has 1 aromatic carbocycles. The Morgan fingerprint density at radius 2 is 1.97 bits per heavy atom. The van der Waals surface area contributed by atoms with E-state index >= 15 is 0 Å². The second-order valence-corrected chi connectivity index (χ2v) is 11.2. The van der Waals surface area contributed by atoms with Gasteiger partial charge in [-0.05, 0) is 58.7 Å². The summed E-state index contributed by atoms with van der Waals surface area (Å²) < 4.78 is 39.1. The Hall–Kier alpha value is -3.45. The van der Waals surface area contributed by atoms with E-state index in [0.29, 0.717) is 0 Å². The van der Waals surface area contributed by atoms with Gasteiger partial charge in [0.25, 0.3) is 5.56 Å². The van der Waals surface area contributed by atoms with Crippen molar-refractivity contribution in [3.05, 3.63) is 50.9 Å². The van der Waals surface area contributed by atoms with Gasteiger partial charge in [0.15, 0.2) is 11.6 Å². The van der Waals surface area contributed by atoms with E-state index in [-0.39, 0.29) is 33.9 Å². The highest BCUT2D eigenvalue weighted by atomic mass is 32.2. The summed E-state index contributed by atoms with van der Waals surface area (Å²) in [6, 6.07) is 5.29. The summed E-state index contributed by atoms with van der Waals surface area (Å²) in [5.74, 6) is 0.160. The number of benzene rings is 1. The molecule has 0 aliphatic heterocycles. The highest BCUT2D eigenvalue weighted by Crippen LogP contribution is 2.36. The molecule has 1 aliphatic rings. The molecule has 182 valence electrons. The number of aromatic amines is 1. The average molecular weight is 492 g/mol. The number of carbonyl (C=O) groups excluding carboxylic acids is 1. The predicted octanol–water partition coefficient (Wildman–Crippen LogP) is 1.90. The number of carbonyl (C=O) groups is 1. The summed E-state index contributed by atoms with van der Waals surface area (Å²) in [6.07, 6.45) is 0.736. The molecule has 1 saturated carbocycles. The van der Waals surface area contributed by atoms with Gasteiger partial charge in [-0.2, -0.15) is 0 Å². The number of nitrogens with one attached hydrogen (secondary N) is 3. The number of H-pyrrole nitrogens is 1. The quantitative estimate of drug-likeness (QED) is 0.470. The topological polar surface area (TPSA) is 165 Å². The van der Waals surface area contributed by atoms with Crippen LogP contribution in [-0.4, -0.2) is 40.4 Å². The fourth-order valence-corrected chi connectivity index (χ4v) is 4.71. The molecule has 0 atom stereocenters. The maximum atomic E-state index is 13.0. The molecule has 12 nitrogen and oxygen atoms in total. The molecule has 1 fully saturated rings. The van der Waals surface area contributed by atoms with Crippen molar-refractivity contribution in [2.45, 2.75) is 63.1 Å². The van der Waals surface area contributed by atoms with Gasteiger partial charge in [-0.15, -0.1) is 0 Å². The van der Waals surface area contributed by atoms with E-state index < -0.39 is 38.5 Å². The van der Waals surface area contributed by atoms with Crippen LogP contribution in [-0.2, 0) is 21.3 Å². The molecule has 0 bridgehead atoms. The van der Waals surface area contributed by atoms with Crippen molar-refractivity contribution in [2.75, 3.05) is 5.32 Å². The molecular formula is C21H25N5O7S. The summed E-state index contributed by atoms with van der Waals surface area (Å²) in [7, 11) is -3.84. The highest BCUT2D eigenvalue weighted by Gasteiger charge is 2.41. The van der Waals surface area contributed by atoms with Crippen LogP contribution >= 0.6 is 0 Å². The molecule has 1 aliphatic carbocycles. The summed E-state index contributed by atoms with van der Waals surface area (Å²) in [5, 5.41) is 6.11. The van der Waals surface area contributed by atoms with Crippen molar-refractivity contribution in [2.24, 2.45) is 0 Å². The van der Waals surface area contributed by atoms with Gasteiger partial charge in [-0.1, -0.05) is 5.16 Å². The van der Waals surface area contributed by atoms with E-state index in [4.69, 9.17) is 9.26 Å². The van der Waals surface area contributed by atoms with Crippen LogP contribution in [0, 0.1) is 0 Å². The Bertz CT molecular complexity index is 1490. The number of aromatic nitrogens is 3. The molecule has 13 heteroatoms. The number of hydrogen-bond acceptors (Lipinski definition) is 8. The number of fused-ring (bicyclic) bond motifs is 1. The fourth-order valence-electron chi connectivity index (χ4n) is 3.22. The van der Waals surface area contributed by atoms with Gasteiger partial charge in [0.05, 0.1) is 22.3 Å². The van der Waals surface area contributed by atoms with Crippen LogP contribution in [0.15, 0.2) is 43.3 Å². The van der Waals surface area contributed by atoms with Crippen LogP contribution in [0.1, 0.15) is 46.3 Å². The van der Waals surface area contributed by atoms with Gasteiger partial charge in [0.2, 0.25) is 10.0 Å². The third-order valence-electron chi connectivity index (χ3n) is 5.15. The lowest BCUT2D eigenvalue weighted by molar-refractivity contribution is 0.0634. The first kappa shape index (κ1) is 23.7. The molecule has 0 saturated heterocycles. The molecule has 1 amide bonds. The minimum atomic E-state index is -3.84. The Balaban J connectivity index is 1.61. The van der Waals surface area contributed by atoms with Crippen molar-refractivity contribution in [3.63, 3.8) is 0 Å².